The zero-order valence-electron chi connectivity index (χ0n) is 21.0. The molecule has 1 unspecified atom stereocenters. The molecule has 0 saturated carbocycles. The number of ether oxygens (including phenoxy) is 2. The van der Waals surface area contributed by atoms with Gasteiger partial charge in [0, 0.05) is 12.0 Å². The summed E-state index contributed by atoms with van der Waals surface area (Å²) in [6, 6.07) is 10.5. The van der Waals surface area contributed by atoms with Gasteiger partial charge in [-0.3, -0.25) is 4.79 Å². The van der Waals surface area contributed by atoms with Crippen LogP contribution in [-0.2, 0) is 0 Å². The molecule has 0 saturated heterocycles. The third-order valence-corrected chi connectivity index (χ3v) is 4.91. The largest absolute Gasteiger partial charge is 0.495 e. The highest BCUT2D eigenvalue weighted by Gasteiger charge is 2.12. The Kier molecular flexibility index (Phi) is 16.5. The Hall–Kier alpha value is -1.32. The first kappa shape index (κ1) is 31.7. The van der Waals surface area contributed by atoms with Crippen LogP contribution in [0.4, 0.5) is 0 Å². The second-order valence-electron chi connectivity index (χ2n) is 8.41. The lowest BCUT2D eigenvalue weighted by atomic mass is 10.00. The molecule has 2 aromatic carbocycles. The van der Waals surface area contributed by atoms with E-state index in [9.17, 15) is 9.90 Å². The number of carbonyl (C=O) groups excluding carboxylic acids is 1. The van der Waals surface area contributed by atoms with E-state index in [1.165, 1.54) is 0 Å². The Morgan fingerprint density at radius 2 is 1.39 bits per heavy atom. The fourth-order valence-corrected chi connectivity index (χ4v) is 3.32. The van der Waals surface area contributed by atoms with Crippen LogP contribution >= 0.6 is 31.8 Å². The number of aliphatic hydroxyl groups is 1. The molecule has 0 amide bonds. The summed E-state index contributed by atoms with van der Waals surface area (Å²) in [7, 11) is 4.21. The van der Waals surface area contributed by atoms with E-state index in [0.29, 0.717) is 45.4 Å². The smallest absolute Gasteiger partial charge is 0.163 e. The first-order chi connectivity index (χ1) is 15.5. The number of methoxy groups -OCH3 is 2. The molecule has 7 heteroatoms. The molecule has 4 nitrogen and oxygen atoms in total. The zero-order chi connectivity index (χ0) is 25.6. The van der Waals surface area contributed by atoms with E-state index in [4.69, 9.17) is 32.7 Å². The van der Waals surface area contributed by atoms with Crippen LogP contribution in [0.15, 0.2) is 36.4 Å². The second kappa shape index (κ2) is 17.2. The quantitative estimate of drug-likeness (QED) is 0.285. The fourth-order valence-electron chi connectivity index (χ4n) is 2.80. The van der Waals surface area contributed by atoms with E-state index in [0.717, 1.165) is 20.6 Å². The number of halogens is 2. The zero-order valence-corrected chi connectivity index (χ0v) is 23.6. The number of hydrogen-bond acceptors (Lipinski definition) is 4. The Morgan fingerprint density at radius 3 is 1.79 bits per heavy atom. The molecule has 33 heavy (non-hydrogen) atoms. The summed E-state index contributed by atoms with van der Waals surface area (Å²) < 4.78 is 10.1. The van der Waals surface area contributed by atoms with Crippen LogP contribution < -0.4 is 9.47 Å². The molecule has 0 fully saturated rings. The highest BCUT2D eigenvalue weighted by Crippen LogP contribution is 2.30. The number of Topliss-reactive ketones (excluding diaryl/α,β-unsaturated/α-hetero) is 1. The predicted molar refractivity (Wildman–Crippen MR) is 144 cm³/mol. The molecular weight excluding hydrogens is 478 g/mol. The SMILES string of the molecule is COc1ccc(C(=O)CC(C)C)cc1Cl.COc1ccc(C(O)CC(C)C)cc1Cl.CPC. The van der Waals surface area contributed by atoms with E-state index in [-0.39, 0.29) is 5.78 Å². The summed E-state index contributed by atoms with van der Waals surface area (Å²) in [6.45, 7) is 12.5. The highest BCUT2D eigenvalue weighted by atomic mass is 35.5. The number of rotatable bonds is 8. The van der Waals surface area contributed by atoms with Crippen LogP contribution in [0.25, 0.3) is 0 Å². The summed E-state index contributed by atoms with van der Waals surface area (Å²) in [5.74, 6) is 2.17. The monoisotopic (exact) mass is 516 g/mol. The number of ketones is 1. The van der Waals surface area contributed by atoms with Gasteiger partial charge in [0.2, 0.25) is 0 Å². The van der Waals surface area contributed by atoms with Gasteiger partial charge in [-0.25, -0.2) is 0 Å². The highest BCUT2D eigenvalue weighted by molar-refractivity contribution is 7.35. The van der Waals surface area contributed by atoms with Crippen molar-refractivity contribution in [3.8, 4) is 11.5 Å². The van der Waals surface area contributed by atoms with E-state index in [2.05, 4.69) is 27.2 Å². The van der Waals surface area contributed by atoms with E-state index < -0.39 is 6.10 Å². The molecule has 0 bridgehead atoms. The second-order valence-corrected chi connectivity index (χ2v) is 10.2. The van der Waals surface area contributed by atoms with Crippen molar-refractivity contribution in [3.63, 3.8) is 0 Å². The molecule has 0 radical (unpaired) electrons. The average molecular weight is 517 g/mol. The van der Waals surface area contributed by atoms with Crippen molar-refractivity contribution >= 4 is 37.6 Å². The van der Waals surface area contributed by atoms with Crippen molar-refractivity contribution in [1.82, 2.24) is 0 Å². The summed E-state index contributed by atoms with van der Waals surface area (Å²) in [6.07, 6.45) is 0.833. The fraction of sp³-hybridized carbons (Fsp3) is 0.500. The van der Waals surface area contributed by atoms with Crippen LogP contribution in [-0.4, -0.2) is 38.4 Å². The van der Waals surface area contributed by atoms with Crippen LogP contribution in [0.1, 0.15) is 62.6 Å². The van der Waals surface area contributed by atoms with Crippen LogP contribution in [0.3, 0.4) is 0 Å². The molecule has 1 N–H and O–H groups in total. The normalized spacial score (nSPS) is 11.2. The van der Waals surface area contributed by atoms with E-state index in [1.807, 2.05) is 19.9 Å². The van der Waals surface area contributed by atoms with Gasteiger partial charge in [0.1, 0.15) is 11.5 Å². The lowest BCUT2D eigenvalue weighted by molar-refractivity contribution is 0.0967. The van der Waals surface area contributed by atoms with Gasteiger partial charge < -0.3 is 14.6 Å². The number of benzene rings is 2. The van der Waals surface area contributed by atoms with Gasteiger partial charge in [0.15, 0.2) is 5.78 Å². The topological polar surface area (TPSA) is 55.8 Å². The van der Waals surface area contributed by atoms with Crippen molar-refractivity contribution < 1.29 is 19.4 Å². The van der Waals surface area contributed by atoms with Gasteiger partial charge in [0.05, 0.1) is 30.4 Å². The van der Waals surface area contributed by atoms with Gasteiger partial charge in [0.25, 0.3) is 0 Å². The van der Waals surface area contributed by atoms with Crippen LogP contribution in [0, 0.1) is 11.8 Å². The molecule has 2 rings (SSSR count). The summed E-state index contributed by atoms with van der Waals surface area (Å²) in [5, 5.41) is 10.9. The molecule has 2 aromatic rings. The number of hydrogen-bond donors (Lipinski definition) is 1. The maximum absolute atomic E-state index is 11.7. The maximum atomic E-state index is 11.7. The summed E-state index contributed by atoms with van der Waals surface area (Å²) in [4.78, 5) is 11.7. The van der Waals surface area contributed by atoms with Crippen molar-refractivity contribution in [1.29, 1.82) is 0 Å². The van der Waals surface area contributed by atoms with Crippen LogP contribution in [0.5, 0.6) is 11.5 Å². The van der Waals surface area contributed by atoms with Crippen molar-refractivity contribution in [2.24, 2.45) is 11.8 Å². The first-order valence-corrected chi connectivity index (χ1v) is 13.7. The molecular formula is C26H39Cl2O4P. The molecule has 0 heterocycles. The lowest BCUT2D eigenvalue weighted by Gasteiger charge is -2.14. The third-order valence-electron chi connectivity index (χ3n) is 4.32. The Bertz CT molecular complexity index is 841. The van der Waals surface area contributed by atoms with Crippen molar-refractivity contribution in [2.45, 2.75) is 46.6 Å². The van der Waals surface area contributed by atoms with Crippen LogP contribution in [0.2, 0.25) is 10.0 Å². The van der Waals surface area contributed by atoms with Gasteiger partial charge in [-0.1, -0.05) is 57.0 Å². The molecule has 0 aromatic heterocycles. The minimum absolute atomic E-state index is 0.120. The van der Waals surface area contributed by atoms with Gasteiger partial charge in [-0.2, -0.15) is 0 Å². The van der Waals surface area contributed by atoms with Crippen molar-refractivity contribution in [2.75, 3.05) is 27.5 Å². The Balaban J connectivity index is 0.000000555. The van der Waals surface area contributed by atoms with Crippen molar-refractivity contribution in [3.05, 3.63) is 57.6 Å². The molecule has 0 aliphatic heterocycles. The molecule has 0 aliphatic rings. The van der Waals surface area contributed by atoms with E-state index in [1.54, 1.807) is 44.6 Å². The molecule has 1 atom stereocenters. The Labute approximate surface area is 211 Å². The molecule has 0 aliphatic carbocycles. The predicted octanol–water partition coefficient (Wildman–Crippen LogP) is 7.93. The number of aliphatic hydroxyl groups excluding tert-OH is 1. The standard InChI is InChI=1S/C12H17ClO2.C12H15ClO2.C2H7P/c2*1-8(2)6-11(14)9-4-5-12(15-3)10(13)7-9;1-3-2/h4-5,7-8,11,14H,6H2,1-3H3;4-5,7-8H,6H2,1-3H3;3H,1-2H3. The minimum atomic E-state index is -0.451. The first-order valence-electron chi connectivity index (χ1n) is 11.0. The third kappa shape index (κ3) is 12.6. The lowest BCUT2D eigenvalue weighted by Crippen LogP contribution is -2.03. The summed E-state index contributed by atoms with van der Waals surface area (Å²) >= 11 is 11.9. The summed E-state index contributed by atoms with van der Waals surface area (Å²) in [5.41, 5.74) is 1.49. The number of carbonyl (C=O) groups is 1. The van der Waals surface area contributed by atoms with Gasteiger partial charge >= 0.3 is 0 Å². The minimum Gasteiger partial charge on any atom is -0.495 e. The van der Waals surface area contributed by atoms with Gasteiger partial charge in [-0.05, 0) is 67.5 Å². The maximum Gasteiger partial charge on any atom is 0.163 e. The average Bonchev–Trinajstić information content (AvgIpc) is 2.73. The van der Waals surface area contributed by atoms with Gasteiger partial charge in [-0.15, -0.1) is 8.58 Å². The molecule has 186 valence electrons. The molecule has 0 spiro atoms. The van der Waals surface area contributed by atoms with E-state index >= 15 is 0 Å². The Morgan fingerprint density at radius 1 is 0.909 bits per heavy atom.